The molecule has 1 fully saturated rings. The second-order valence-electron chi connectivity index (χ2n) is 6.82. The van der Waals surface area contributed by atoms with Crippen LogP contribution in [0.25, 0.3) is 11.5 Å². The molecule has 0 radical (unpaired) electrons. The summed E-state index contributed by atoms with van der Waals surface area (Å²) in [5, 5.41) is 4.12. The summed E-state index contributed by atoms with van der Waals surface area (Å²) in [6.45, 7) is 3.25. The van der Waals surface area contributed by atoms with E-state index in [1.807, 2.05) is 41.3 Å². The van der Waals surface area contributed by atoms with Crippen LogP contribution < -0.4 is 4.74 Å². The van der Waals surface area contributed by atoms with Crippen molar-refractivity contribution in [3.8, 4) is 17.2 Å². The molecule has 0 bridgehead atoms. The number of para-hydroxylation sites is 1. The van der Waals surface area contributed by atoms with E-state index in [9.17, 15) is 4.79 Å². The third kappa shape index (κ3) is 3.56. The first-order chi connectivity index (χ1) is 13.1. The standard InChI is InChI=1S/C21H21N3O3/c1-14-6-5-7-15(10-14)12-24-13-16(11-19(24)25)20-22-21(27-23-20)17-8-3-4-9-18(17)26-2/h3-10,16H,11-13H2,1-2H3. The van der Waals surface area contributed by atoms with Gasteiger partial charge >= 0.3 is 0 Å². The van der Waals surface area contributed by atoms with Crippen molar-refractivity contribution in [3.63, 3.8) is 0 Å². The van der Waals surface area contributed by atoms with Gasteiger partial charge in [-0.3, -0.25) is 4.79 Å². The molecule has 2 heterocycles. The number of hydrogen-bond donors (Lipinski definition) is 0. The Bertz CT molecular complexity index is 967. The summed E-state index contributed by atoms with van der Waals surface area (Å²) in [5.74, 6) is 1.71. The number of nitrogens with zero attached hydrogens (tertiary/aromatic N) is 3. The van der Waals surface area contributed by atoms with Gasteiger partial charge in [0, 0.05) is 25.4 Å². The average Bonchev–Trinajstić information content (AvgIpc) is 3.29. The van der Waals surface area contributed by atoms with Crippen LogP contribution in [0.5, 0.6) is 5.75 Å². The summed E-state index contributed by atoms with van der Waals surface area (Å²) in [6, 6.07) is 15.7. The van der Waals surface area contributed by atoms with E-state index in [0.717, 1.165) is 11.1 Å². The average molecular weight is 363 g/mol. The number of benzene rings is 2. The number of aromatic nitrogens is 2. The third-order valence-corrected chi connectivity index (χ3v) is 4.81. The maximum atomic E-state index is 12.4. The summed E-state index contributed by atoms with van der Waals surface area (Å²) in [4.78, 5) is 18.8. The van der Waals surface area contributed by atoms with E-state index >= 15 is 0 Å². The summed E-state index contributed by atoms with van der Waals surface area (Å²) in [7, 11) is 1.61. The second kappa shape index (κ2) is 7.23. The van der Waals surface area contributed by atoms with Crippen LogP contribution in [0.3, 0.4) is 0 Å². The van der Waals surface area contributed by atoms with Crippen molar-refractivity contribution < 1.29 is 14.1 Å². The molecule has 1 aromatic heterocycles. The van der Waals surface area contributed by atoms with Gasteiger partial charge in [-0.15, -0.1) is 0 Å². The van der Waals surface area contributed by atoms with Gasteiger partial charge in [-0.05, 0) is 24.6 Å². The molecule has 0 aliphatic carbocycles. The number of carbonyl (C=O) groups excluding carboxylic acids is 1. The molecule has 1 atom stereocenters. The molecule has 6 heteroatoms. The Morgan fingerprint density at radius 1 is 1.22 bits per heavy atom. The second-order valence-corrected chi connectivity index (χ2v) is 6.82. The van der Waals surface area contributed by atoms with Crippen LogP contribution in [0, 0.1) is 6.92 Å². The van der Waals surface area contributed by atoms with Crippen molar-refractivity contribution in [2.75, 3.05) is 13.7 Å². The fourth-order valence-electron chi connectivity index (χ4n) is 3.46. The van der Waals surface area contributed by atoms with Crippen molar-refractivity contribution in [1.29, 1.82) is 0 Å². The van der Waals surface area contributed by atoms with E-state index in [4.69, 9.17) is 9.26 Å². The Hall–Kier alpha value is -3.15. The van der Waals surface area contributed by atoms with E-state index in [1.54, 1.807) is 7.11 Å². The smallest absolute Gasteiger partial charge is 0.261 e. The highest BCUT2D eigenvalue weighted by molar-refractivity contribution is 5.79. The predicted octanol–water partition coefficient (Wildman–Crippen LogP) is 3.57. The van der Waals surface area contributed by atoms with Crippen molar-refractivity contribution in [2.45, 2.75) is 25.8 Å². The van der Waals surface area contributed by atoms with Crippen LogP contribution in [0.4, 0.5) is 0 Å². The van der Waals surface area contributed by atoms with Gasteiger partial charge in [0.15, 0.2) is 5.82 Å². The number of amides is 1. The van der Waals surface area contributed by atoms with Gasteiger partial charge in [0.05, 0.1) is 12.7 Å². The molecule has 138 valence electrons. The Morgan fingerprint density at radius 3 is 2.89 bits per heavy atom. The van der Waals surface area contributed by atoms with Crippen LogP contribution in [-0.4, -0.2) is 34.6 Å². The Morgan fingerprint density at radius 2 is 2.07 bits per heavy atom. The zero-order valence-corrected chi connectivity index (χ0v) is 15.4. The fourth-order valence-corrected chi connectivity index (χ4v) is 3.46. The van der Waals surface area contributed by atoms with E-state index < -0.39 is 0 Å². The molecule has 0 saturated carbocycles. The van der Waals surface area contributed by atoms with Gasteiger partial charge in [0.25, 0.3) is 5.89 Å². The van der Waals surface area contributed by atoms with E-state index in [-0.39, 0.29) is 11.8 Å². The van der Waals surface area contributed by atoms with E-state index in [2.05, 4.69) is 29.2 Å². The zero-order valence-electron chi connectivity index (χ0n) is 15.4. The fraction of sp³-hybridized carbons (Fsp3) is 0.286. The Balaban J connectivity index is 1.50. The molecule has 1 aliphatic rings. The van der Waals surface area contributed by atoms with Crippen LogP contribution >= 0.6 is 0 Å². The quantitative estimate of drug-likeness (QED) is 0.693. The highest BCUT2D eigenvalue weighted by atomic mass is 16.5. The van der Waals surface area contributed by atoms with Gasteiger partial charge in [-0.25, -0.2) is 0 Å². The number of rotatable bonds is 5. The van der Waals surface area contributed by atoms with Crippen LogP contribution in [0.15, 0.2) is 53.1 Å². The topological polar surface area (TPSA) is 68.5 Å². The Kier molecular flexibility index (Phi) is 4.62. The third-order valence-electron chi connectivity index (χ3n) is 4.81. The van der Waals surface area contributed by atoms with Crippen LogP contribution in [0.2, 0.25) is 0 Å². The lowest BCUT2D eigenvalue weighted by molar-refractivity contribution is -0.128. The van der Waals surface area contributed by atoms with E-state index in [0.29, 0.717) is 37.0 Å². The van der Waals surface area contributed by atoms with Gasteiger partial charge in [0.1, 0.15) is 5.75 Å². The molecule has 1 aliphatic heterocycles. The summed E-state index contributed by atoms with van der Waals surface area (Å²) < 4.78 is 10.8. The van der Waals surface area contributed by atoms with Crippen molar-refractivity contribution in [3.05, 3.63) is 65.5 Å². The molecule has 1 unspecified atom stereocenters. The van der Waals surface area contributed by atoms with E-state index in [1.165, 1.54) is 5.56 Å². The number of aryl methyl sites for hydroxylation is 1. The minimum atomic E-state index is -0.0606. The van der Waals surface area contributed by atoms with Crippen molar-refractivity contribution in [2.24, 2.45) is 0 Å². The molecule has 3 aromatic rings. The molecule has 27 heavy (non-hydrogen) atoms. The summed E-state index contributed by atoms with van der Waals surface area (Å²) >= 11 is 0. The van der Waals surface area contributed by atoms with Gasteiger partial charge < -0.3 is 14.2 Å². The van der Waals surface area contributed by atoms with Gasteiger partial charge in [-0.2, -0.15) is 4.98 Å². The molecule has 2 aromatic carbocycles. The van der Waals surface area contributed by atoms with Gasteiger partial charge in [0.2, 0.25) is 5.91 Å². The Labute approximate surface area is 157 Å². The molecule has 0 spiro atoms. The highest BCUT2D eigenvalue weighted by Crippen LogP contribution is 2.32. The number of carbonyl (C=O) groups is 1. The first-order valence-electron chi connectivity index (χ1n) is 8.94. The highest BCUT2D eigenvalue weighted by Gasteiger charge is 2.34. The molecule has 1 saturated heterocycles. The maximum absolute atomic E-state index is 12.4. The lowest BCUT2D eigenvalue weighted by atomic mass is 10.1. The molecule has 1 amide bonds. The first kappa shape index (κ1) is 17.3. The molecule has 6 nitrogen and oxygen atoms in total. The molecule has 4 rings (SSSR count). The van der Waals surface area contributed by atoms with Crippen molar-refractivity contribution >= 4 is 5.91 Å². The maximum Gasteiger partial charge on any atom is 0.261 e. The summed E-state index contributed by atoms with van der Waals surface area (Å²) in [6.07, 6.45) is 0.400. The molecule has 0 N–H and O–H groups in total. The largest absolute Gasteiger partial charge is 0.496 e. The predicted molar refractivity (Wildman–Crippen MR) is 100 cm³/mol. The first-order valence-corrected chi connectivity index (χ1v) is 8.94. The SMILES string of the molecule is COc1ccccc1-c1nc(C2CC(=O)N(Cc3cccc(C)c3)C2)no1. The lowest BCUT2D eigenvalue weighted by Gasteiger charge is -2.16. The van der Waals surface area contributed by atoms with Crippen LogP contribution in [-0.2, 0) is 11.3 Å². The van der Waals surface area contributed by atoms with Gasteiger partial charge in [-0.1, -0.05) is 47.1 Å². The number of methoxy groups -OCH3 is 1. The molecular formula is C21H21N3O3. The monoisotopic (exact) mass is 363 g/mol. The van der Waals surface area contributed by atoms with Crippen molar-refractivity contribution in [1.82, 2.24) is 15.0 Å². The summed E-state index contributed by atoms with van der Waals surface area (Å²) in [5.41, 5.74) is 3.07. The van der Waals surface area contributed by atoms with Crippen LogP contribution in [0.1, 0.15) is 29.3 Å². The normalized spacial score (nSPS) is 16.7. The number of hydrogen-bond acceptors (Lipinski definition) is 5. The molecular weight excluding hydrogens is 342 g/mol. The minimum absolute atomic E-state index is 0.0606. The zero-order chi connectivity index (χ0) is 18.8. The minimum Gasteiger partial charge on any atom is -0.496 e. The number of likely N-dealkylation sites (tertiary alicyclic amines) is 1. The lowest BCUT2D eigenvalue weighted by Crippen LogP contribution is -2.24. The number of ether oxygens (including phenoxy) is 1.